The van der Waals surface area contributed by atoms with E-state index in [9.17, 15) is 0 Å². The van der Waals surface area contributed by atoms with Gasteiger partial charge in [-0.3, -0.25) is 0 Å². The van der Waals surface area contributed by atoms with Crippen molar-refractivity contribution < 1.29 is 0 Å². The average molecular weight is 478 g/mol. The molecule has 0 saturated heterocycles. The summed E-state index contributed by atoms with van der Waals surface area (Å²) >= 11 is 1.92. The molecular formula is C34H23NS. The first-order chi connectivity index (χ1) is 17.7. The predicted molar refractivity (Wildman–Crippen MR) is 159 cm³/mol. The van der Waals surface area contributed by atoms with Crippen LogP contribution >= 0.6 is 11.3 Å². The molecule has 2 aromatic heterocycles. The van der Waals surface area contributed by atoms with Crippen LogP contribution in [0.1, 0.15) is 35.2 Å². The highest BCUT2D eigenvalue weighted by atomic mass is 32.1. The van der Waals surface area contributed by atoms with Gasteiger partial charge >= 0.3 is 0 Å². The monoisotopic (exact) mass is 477 g/mol. The fraction of sp³-hybridized carbons (Fsp3) is 0.0588. The van der Waals surface area contributed by atoms with Gasteiger partial charge in [0, 0.05) is 42.3 Å². The zero-order chi connectivity index (χ0) is 24.0. The number of rotatable bonds is 3. The van der Waals surface area contributed by atoms with Crippen molar-refractivity contribution in [3.8, 4) is 11.1 Å². The smallest absolute Gasteiger partial charge is 0.0465 e. The van der Waals surface area contributed by atoms with E-state index < -0.39 is 0 Å². The highest BCUT2D eigenvalue weighted by molar-refractivity contribution is 7.26. The van der Waals surface area contributed by atoms with Gasteiger partial charge in [0.15, 0.2) is 0 Å². The molecule has 2 aliphatic rings. The third-order valence-corrected chi connectivity index (χ3v) is 9.11. The lowest BCUT2D eigenvalue weighted by atomic mass is 9.94. The molecule has 36 heavy (non-hydrogen) atoms. The third-order valence-electron chi connectivity index (χ3n) is 7.99. The molecule has 0 bridgehead atoms. The first-order valence-corrected chi connectivity index (χ1v) is 13.3. The Morgan fingerprint density at radius 3 is 2.50 bits per heavy atom. The maximum atomic E-state index is 4.03. The highest BCUT2D eigenvalue weighted by Gasteiger charge is 2.26. The molecule has 1 nitrogen and oxygen atoms in total. The Bertz CT molecular complexity index is 2020. The Hall–Kier alpha value is -4.14. The third kappa shape index (κ3) is 2.54. The van der Waals surface area contributed by atoms with E-state index >= 15 is 0 Å². The maximum Gasteiger partial charge on any atom is 0.0465 e. The van der Waals surface area contributed by atoms with Gasteiger partial charge in [-0.2, -0.15) is 0 Å². The van der Waals surface area contributed by atoms with Crippen LogP contribution in [0, 0.1) is 0 Å². The van der Waals surface area contributed by atoms with Gasteiger partial charge in [-0.15, -0.1) is 11.3 Å². The van der Waals surface area contributed by atoms with Gasteiger partial charge in [0.05, 0.1) is 0 Å². The van der Waals surface area contributed by atoms with Crippen LogP contribution < -0.4 is 0 Å². The molecule has 2 heterocycles. The van der Waals surface area contributed by atoms with Crippen LogP contribution in [0.3, 0.4) is 0 Å². The van der Waals surface area contributed by atoms with Crippen molar-refractivity contribution in [1.29, 1.82) is 0 Å². The van der Waals surface area contributed by atoms with Crippen molar-refractivity contribution in [3.63, 3.8) is 0 Å². The summed E-state index contributed by atoms with van der Waals surface area (Å²) in [7, 11) is 0. The second kappa shape index (κ2) is 7.19. The second-order valence-electron chi connectivity index (χ2n) is 9.79. The largest absolute Gasteiger partial charge is 0.355 e. The minimum atomic E-state index is 1.02. The Morgan fingerprint density at radius 2 is 1.64 bits per heavy atom. The summed E-state index contributed by atoms with van der Waals surface area (Å²) in [4.78, 5) is 3.45. The molecular weight excluding hydrogens is 454 g/mol. The molecule has 0 fully saturated rings. The van der Waals surface area contributed by atoms with Gasteiger partial charge in [-0.25, -0.2) is 0 Å². The average Bonchev–Trinajstić information content (AvgIpc) is 3.58. The van der Waals surface area contributed by atoms with E-state index in [4.69, 9.17) is 0 Å². The van der Waals surface area contributed by atoms with E-state index in [1.807, 2.05) is 23.5 Å². The summed E-state index contributed by atoms with van der Waals surface area (Å²) in [5.74, 6) is 0. The van der Waals surface area contributed by atoms with Crippen LogP contribution in [-0.2, 0) is 0 Å². The van der Waals surface area contributed by atoms with Gasteiger partial charge in [-0.05, 0) is 93.4 Å². The zero-order valence-corrected chi connectivity index (χ0v) is 20.6. The van der Waals surface area contributed by atoms with Crippen LogP contribution in [-0.4, -0.2) is 4.98 Å². The molecule has 2 heteroatoms. The molecule has 0 amide bonds. The molecule has 0 radical (unpaired) electrons. The number of thiophene rings is 1. The minimum Gasteiger partial charge on any atom is -0.355 e. The first kappa shape index (κ1) is 20.1. The Morgan fingerprint density at radius 1 is 0.778 bits per heavy atom. The molecule has 0 spiro atoms. The van der Waals surface area contributed by atoms with Crippen LogP contribution in [0.25, 0.3) is 76.3 Å². The van der Waals surface area contributed by atoms with Crippen molar-refractivity contribution >= 4 is 76.5 Å². The van der Waals surface area contributed by atoms with Crippen LogP contribution in [0.5, 0.6) is 0 Å². The summed E-state index contributed by atoms with van der Waals surface area (Å²) in [6, 6.07) is 22.9. The quantitative estimate of drug-likeness (QED) is 0.261. The van der Waals surface area contributed by atoms with Crippen LogP contribution in [0.15, 0.2) is 86.0 Å². The number of allylic oxidation sites excluding steroid dienone is 4. The molecule has 4 aromatic carbocycles. The lowest BCUT2D eigenvalue weighted by Crippen LogP contribution is -1.87. The van der Waals surface area contributed by atoms with E-state index in [1.165, 1.54) is 69.7 Å². The number of nitrogens with one attached hydrogen (secondary N) is 1. The zero-order valence-electron chi connectivity index (χ0n) is 19.8. The summed E-state index contributed by atoms with van der Waals surface area (Å²) < 4.78 is 2.73. The molecule has 0 aliphatic heterocycles. The lowest BCUT2D eigenvalue weighted by molar-refractivity contribution is 1.06. The summed E-state index contributed by atoms with van der Waals surface area (Å²) in [5, 5.41) is 6.75. The molecule has 0 unspecified atom stereocenters. The Balaban J connectivity index is 1.39. The molecule has 170 valence electrons. The van der Waals surface area contributed by atoms with E-state index in [0.717, 1.165) is 29.6 Å². The number of aromatic nitrogens is 1. The Kier molecular flexibility index (Phi) is 4.01. The number of benzene rings is 4. The Labute approximate surface area is 213 Å². The van der Waals surface area contributed by atoms with Crippen molar-refractivity contribution in [1.82, 2.24) is 4.98 Å². The van der Waals surface area contributed by atoms with Crippen molar-refractivity contribution in [3.05, 3.63) is 108 Å². The van der Waals surface area contributed by atoms with Crippen molar-refractivity contribution in [2.24, 2.45) is 0 Å². The van der Waals surface area contributed by atoms with Crippen LogP contribution in [0.2, 0.25) is 0 Å². The van der Waals surface area contributed by atoms with E-state index in [2.05, 4.69) is 91.0 Å². The van der Waals surface area contributed by atoms with Gasteiger partial charge in [-0.1, -0.05) is 61.7 Å². The summed E-state index contributed by atoms with van der Waals surface area (Å²) in [5.41, 5.74) is 11.5. The lowest BCUT2D eigenvalue weighted by Gasteiger charge is -2.09. The second-order valence-corrected chi connectivity index (χ2v) is 10.9. The predicted octanol–water partition coefficient (Wildman–Crippen LogP) is 10.2. The number of hydrogen-bond acceptors (Lipinski definition) is 1. The maximum absolute atomic E-state index is 4.03. The van der Waals surface area contributed by atoms with E-state index in [0.29, 0.717) is 0 Å². The van der Waals surface area contributed by atoms with Crippen molar-refractivity contribution in [2.45, 2.75) is 12.8 Å². The number of H-pyrrole nitrogens is 1. The fourth-order valence-corrected chi connectivity index (χ4v) is 7.53. The van der Waals surface area contributed by atoms with Gasteiger partial charge < -0.3 is 4.98 Å². The molecule has 8 rings (SSSR count). The molecule has 2 aliphatic carbocycles. The van der Waals surface area contributed by atoms with Crippen LogP contribution in [0.4, 0.5) is 0 Å². The number of aromatic amines is 1. The molecule has 1 N–H and O–H groups in total. The van der Waals surface area contributed by atoms with Gasteiger partial charge in [0.25, 0.3) is 0 Å². The summed E-state index contributed by atoms with van der Waals surface area (Å²) in [6.07, 6.45) is 10.7. The fourth-order valence-electron chi connectivity index (χ4n) is 6.38. The molecule has 0 atom stereocenters. The highest BCUT2D eigenvalue weighted by Crippen LogP contribution is 2.51. The minimum absolute atomic E-state index is 1.02. The first-order valence-electron chi connectivity index (χ1n) is 12.5. The van der Waals surface area contributed by atoms with E-state index in [1.54, 1.807) is 0 Å². The van der Waals surface area contributed by atoms with Gasteiger partial charge in [0.2, 0.25) is 0 Å². The molecule has 6 aromatic rings. The normalized spacial score (nSPS) is 14.4. The SMILES string of the molecule is C=Cc1[nH]c2ccc(-c3ccc4sc5cc6c7c(cccc7c5c4c3)C3=C6CCC=C3)cc2c1C=C. The van der Waals surface area contributed by atoms with E-state index in [-0.39, 0.29) is 0 Å². The number of fused-ring (bicyclic) bond motifs is 7. The summed E-state index contributed by atoms with van der Waals surface area (Å²) in [6.45, 7) is 7.99. The molecule has 0 saturated carbocycles. The standard InChI is InChI=1S/C34H23NS/c1-3-21-26-16-19(12-14-30(26)35-29(21)4-2)20-13-15-31-28(17-20)34-25-11-7-10-24-22-8-5-6-9-23(22)27(33(24)25)18-32(34)36-31/h3-5,7-8,10-18,35H,1-2,6,9H2. The number of hydrogen-bond donors (Lipinski definition) is 1. The van der Waals surface area contributed by atoms with Gasteiger partial charge in [0.1, 0.15) is 0 Å². The topological polar surface area (TPSA) is 15.8 Å². The van der Waals surface area contributed by atoms with Crippen molar-refractivity contribution in [2.75, 3.05) is 0 Å².